The molecular formula is C14H28N2. The Morgan fingerprint density at radius 3 is 2.75 bits per heavy atom. The summed E-state index contributed by atoms with van der Waals surface area (Å²) in [6.45, 7) is 11.1. The second kappa shape index (κ2) is 5.50. The zero-order chi connectivity index (χ0) is 11.5. The normalized spacial score (nSPS) is 37.3. The lowest BCUT2D eigenvalue weighted by Gasteiger charge is -2.33. The highest BCUT2D eigenvalue weighted by Crippen LogP contribution is 2.27. The van der Waals surface area contributed by atoms with Crippen LogP contribution < -0.4 is 5.32 Å². The maximum absolute atomic E-state index is 3.89. The molecule has 2 fully saturated rings. The van der Waals surface area contributed by atoms with Crippen molar-refractivity contribution in [3.05, 3.63) is 0 Å². The van der Waals surface area contributed by atoms with Gasteiger partial charge in [-0.15, -0.1) is 0 Å². The molecule has 2 heteroatoms. The first-order chi connectivity index (χ1) is 7.69. The second-order valence-electron chi connectivity index (χ2n) is 6.06. The van der Waals surface area contributed by atoms with E-state index in [1.807, 2.05) is 0 Å². The molecule has 94 valence electrons. The largest absolute Gasteiger partial charge is 0.311 e. The van der Waals surface area contributed by atoms with Gasteiger partial charge >= 0.3 is 0 Å². The predicted octanol–water partition coefficient (Wildman–Crippen LogP) is 2.49. The average Bonchev–Trinajstić information content (AvgIpc) is 2.65. The van der Waals surface area contributed by atoms with E-state index in [9.17, 15) is 0 Å². The van der Waals surface area contributed by atoms with Crippen molar-refractivity contribution < 1.29 is 0 Å². The first-order valence-electron chi connectivity index (χ1n) is 7.17. The topological polar surface area (TPSA) is 15.3 Å². The molecule has 0 saturated carbocycles. The van der Waals surface area contributed by atoms with Crippen molar-refractivity contribution in [1.82, 2.24) is 10.2 Å². The van der Waals surface area contributed by atoms with Gasteiger partial charge in [0.15, 0.2) is 0 Å². The van der Waals surface area contributed by atoms with Crippen molar-refractivity contribution in [1.29, 1.82) is 0 Å². The second-order valence-corrected chi connectivity index (χ2v) is 6.06. The minimum absolute atomic E-state index is 0.701. The third-order valence-corrected chi connectivity index (χ3v) is 4.59. The van der Waals surface area contributed by atoms with E-state index >= 15 is 0 Å². The monoisotopic (exact) mass is 224 g/mol. The Balaban J connectivity index is 1.76. The van der Waals surface area contributed by atoms with E-state index in [1.165, 1.54) is 45.3 Å². The molecule has 5 atom stereocenters. The van der Waals surface area contributed by atoms with Gasteiger partial charge in [-0.05, 0) is 51.1 Å². The molecule has 1 N–H and O–H groups in total. The number of nitrogens with one attached hydrogen (secondary N) is 1. The minimum Gasteiger partial charge on any atom is -0.311 e. The summed E-state index contributed by atoms with van der Waals surface area (Å²) in [6, 6.07) is 1.50. The van der Waals surface area contributed by atoms with E-state index in [2.05, 4.69) is 31.0 Å². The van der Waals surface area contributed by atoms with Crippen LogP contribution in [-0.2, 0) is 0 Å². The molecule has 2 nitrogen and oxygen atoms in total. The van der Waals surface area contributed by atoms with Gasteiger partial charge < -0.3 is 10.2 Å². The van der Waals surface area contributed by atoms with Gasteiger partial charge in [-0.2, -0.15) is 0 Å². The van der Waals surface area contributed by atoms with Gasteiger partial charge in [-0.25, -0.2) is 0 Å². The van der Waals surface area contributed by atoms with Crippen LogP contribution in [-0.4, -0.2) is 36.6 Å². The lowest BCUT2D eigenvalue weighted by Crippen LogP contribution is -2.47. The smallest absolute Gasteiger partial charge is 0.0123 e. The quantitative estimate of drug-likeness (QED) is 0.772. The van der Waals surface area contributed by atoms with Gasteiger partial charge in [0.1, 0.15) is 0 Å². The number of hydrogen-bond acceptors (Lipinski definition) is 2. The van der Waals surface area contributed by atoms with Crippen molar-refractivity contribution in [2.24, 2.45) is 11.8 Å². The number of hydrogen-bond donors (Lipinski definition) is 1. The molecule has 0 spiro atoms. The van der Waals surface area contributed by atoms with Crippen LogP contribution in [0, 0.1) is 11.8 Å². The summed E-state index contributed by atoms with van der Waals surface area (Å²) >= 11 is 0. The summed E-state index contributed by atoms with van der Waals surface area (Å²) in [6.07, 6.45) is 5.44. The van der Waals surface area contributed by atoms with Crippen LogP contribution >= 0.6 is 0 Å². The van der Waals surface area contributed by atoms with E-state index in [0.717, 1.165) is 17.9 Å². The number of nitrogens with zero attached hydrogens (tertiary/aromatic N) is 1. The molecule has 5 unspecified atom stereocenters. The fraction of sp³-hybridized carbons (Fsp3) is 1.00. The van der Waals surface area contributed by atoms with Crippen molar-refractivity contribution in [3.8, 4) is 0 Å². The number of piperidine rings is 1. The molecule has 2 bridgehead atoms. The molecule has 2 rings (SSSR count). The van der Waals surface area contributed by atoms with Crippen LogP contribution in [0.25, 0.3) is 0 Å². The number of fused-ring (bicyclic) bond motifs is 2. The average molecular weight is 224 g/mol. The molecule has 0 aromatic carbocycles. The summed E-state index contributed by atoms with van der Waals surface area (Å²) in [7, 11) is 0. The molecule has 0 radical (unpaired) electrons. The summed E-state index contributed by atoms with van der Waals surface area (Å²) in [5.74, 6) is 1.80. The Hall–Kier alpha value is -0.0800. The van der Waals surface area contributed by atoms with E-state index in [0.29, 0.717) is 6.04 Å². The Morgan fingerprint density at radius 1 is 1.25 bits per heavy atom. The molecule has 2 saturated heterocycles. The summed E-state index contributed by atoms with van der Waals surface area (Å²) in [5.41, 5.74) is 0. The highest BCUT2D eigenvalue weighted by atomic mass is 15.2. The molecule has 2 aliphatic heterocycles. The Labute approximate surface area is 101 Å². The lowest BCUT2D eigenvalue weighted by atomic mass is 9.92. The molecule has 0 amide bonds. The van der Waals surface area contributed by atoms with Crippen LogP contribution in [0.15, 0.2) is 0 Å². The summed E-state index contributed by atoms with van der Waals surface area (Å²) in [4.78, 5) is 2.63. The highest BCUT2D eigenvalue weighted by Gasteiger charge is 2.34. The molecule has 0 aliphatic carbocycles. The van der Waals surface area contributed by atoms with Gasteiger partial charge in [0.25, 0.3) is 0 Å². The SMILES string of the molecule is CCC(C)CC(C)NC1CCN2CCC1C2. The first kappa shape index (κ1) is 12.4. The van der Waals surface area contributed by atoms with Crippen LogP contribution in [0.4, 0.5) is 0 Å². The molecule has 0 aromatic rings. The zero-order valence-electron chi connectivity index (χ0n) is 11.2. The van der Waals surface area contributed by atoms with Crippen molar-refractivity contribution in [2.75, 3.05) is 19.6 Å². The molecule has 16 heavy (non-hydrogen) atoms. The Morgan fingerprint density at radius 2 is 2.00 bits per heavy atom. The minimum atomic E-state index is 0.701. The van der Waals surface area contributed by atoms with Gasteiger partial charge in [-0.3, -0.25) is 0 Å². The Kier molecular flexibility index (Phi) is 4.26. The molecule has 0 aromatic heterocycles. The number of rotatable bonds is 5. The summed E-state index contributed by atoms with van der Waals surface area (Å²) in [5, 5.41) is 3.89. The lowest BCUT2D eigenvalue weighted by molar-refractivity contribution is 0.206. The maximum Gasteiger partial charge on any atom is 0.0123 e. The predicted molar refractivity (Wildman–Crippen MR) is 69.6 cm³/mol. The van der Waals surface area contributed by atoms with Crippen LogP contribution in [0.3, 0.4) is 0 Å². The first-order valence-corrected chi connectivity index (χ1v) is 7.17. The van der Waals surface area contributed by atoms with E-state index in [4.69, 9.17) is 0 Å². The van der Waals surface area contributed by atoms with Crippen molar-refractivity contribution in [3.63, 3.8) is 0 Å². The third kappa shape index (κ3) is 2.98. The fourth-order valence-corrected chi connectivity index (χ4v) is 3.37. The molecule has 2 aliphatic rings. The summed E-state index contributed by atoms with van der Waals surface area (Å²) < 4.78 is 0. The fourth-order valence-electron chi connectivity index (χ4n) is 3.37. The van der Waals surface area contributed by atoms with Gasteiger partial charge in [0, 0.05) is 18.6 Å². The van der Waals surface area contributed by atoms with Crippen LogP contribution in [0.5, 0.6) is 0 Å². The van der Waals surface area contributed by atoms with Crippen molar-refractivity contribution >= 4 is 0 Å². The van der Waals surface area contributed by atoms with E-state index < -0.39 is 0 Å². The van der Waals surface area contributed by atoms with Gasteiger partial charge in [-0.1, -0.05) is 20.3 Å². The van der Waals surface area contributed by atoms with Crippen LogP contribution in [0.2, 0.25) is 0 Å². The standard InChI is InChI=1S/C14H28N2/c1-4-11(2)9-12(3)15-14-6-8-16-7-5-13(14)10-16/h11-15H,4-10H2,1-3H3. The zero-order valence-corrected chi connectivity index (χ0v) is 11.2. The van der Waals surface area contributed by atoms with Crippen LogP contribution in [0.1, 0.15) is 46.5 Å². The Bertz CT molecular complexity index is 217. The van der Waals surface area contributed by atoms with Gasteiger partial charge in [0.2, 0.25) is 0 Å². The third-order valence-electron chi connectivity index (χ3n) is 4.59. The highest BCUT2D eigenvalue weighted by molar-refractivity contribution is 4.91. The molecular weight excluding hydrogens is 196 g/mol. The maximum atomic E-state index is 3.89. The van der Waals surface area contributed by atoms with Gasteiger partial charge in [0.05, 0.1) is 0 Å². The van der Waals surface area contributed by atoms with E-state index in [1.54, 1.807) is 0 Å². The van der Waals surface area contributed by atoms with E-state index in [-0.39, 0.29) is 0 Å². The van der Waals surface area contributed by atoms with Crippen molar-refractivity contribution in [2.45, 2.75) is 58.5 Å². The molecule has 2 heterocycles.